The average Bonchev–Trinajstić information content (AvgIpc) is 2.92. The Morgan fingerprint density at radius 3 is 2.76 bits per heavy atom. The Labute approximate surface area is 123 Å². The van der Waals surface area contributed by atoms with E-state index in [0.29, 0.717) is 19.6 Å². The molecule has 0 spiro atoms. The lowest BCUT2D eigenvalue weighted by molar-refractivity contribution is -0.0120. The first-order valence-corrected chi connectivity index (χ1v) is 7.96. The SMILES string of the molecule is COC1(CNS(=O)(=O)c2cc(C)c(F)c(N)c2)CCOC1. The quantitative estimate of drug-likeness (QED) is 0.784. The number of hydrogen-bond acceptors (Lipinski definition) is 5. The van der Waals surface area contributed by atoms with Crippen LogP contribution in [0.4, 0.5) is 10.1 Å². The van der Waals surface area contributed by atoms with Crippen molar-refractivity contribution in [1.29, 1.82) is 0 Å². The fourth-order valence-electron chi connectivity index (χ4n) is 2.19. The Bertz CT molecular complexity index is 604. The molecule has 1 aromatic carbocycles. The van der Waals surface area contributed by atoms with Gasteiger partial charge in [0.2, 0.25) is 10.0 Å². The van der Waals surface area contributed by atoms with Crippen LogP contribution >= 0.6 is 0 Å². The summed E-state index contributed by atoms with van der Waals surface area (Å²) in [6.45, 7) is 2.41. The fourth-order valence-corrected chi connectivity index (χ4v) is 3.42. The van der Waals surface area contributed by atoms with Crippen LogP contribution in [0.25, 0.3) is 0 Å². The molecule has 0 bridgehead atoms. The van der Waals surface area contributed by atoms with Gasteiger partial charge in [-0.25, -0.2) is 17.5 Å². The molecule has 0 aliphatic carbocycles. The van der Waals surface area contributed by atoms with Gasteiger partial charge in [0.15, 0.2) is 0 Å². The Kier molecular flexibility index (Phi) is 4.52. The van der Waals surface area contributed by atoms with Crippen LogP contribution in [-0.4, -0.2) is 40.9 Å². The van der Waals surface area contributed by atoms with Crippen LogP contribution in [0, 0.1) is 12.7 Å². The van der Waals surface area contributed by atoms with Crippen molar-refractivity contribution in [3.05, 3.63) is 23.5 Å². The zero-order chi connectivity index (χ0) is 15.7. The summed E-state index contributed by atoms with van der Waals surface area (Å²) in [5, 5.41) is 0. The zero-order valence-electron chi connectivity index (χ0n) is 12.0. The number of methoxy groups -OCH3 is 1. The number of benzene rings is 1. The number of nitrogens with one attached hydrogen (secondary N) is 1. The second-order valence-electron chi connectivity index (χ2n) is 5.16. The molecule has 2 rings (SSSR count). The van der Waals surface area contributed by atoms with Gasteiger partial charge in [-0.15, -0.1) is 0 Å². The summed E-state index contributed by atoms with van der Waals surface area (Å²) in [5.41, 5.74) is 4.81. The van der Waals surface area contributed by atoms with Crippen molar-refractivity contribution in [2.75, 3.05) is 32.6 Å². The summed E-state index contributed by atoms with van der Waals surface area (Å²) in [4.78, 5) is -0.0657. The van der Waals surface area contributed by atoms with Crippen LogP contribution in [0.2, 0.25) is 0 Å². The minimum atomic E-state index is -3.79. The summed E-state index contributed by atoms with van der Waals surface area (Å²) < 4.78 is 51.1. The van der Waals surface area contributed by atoms with E-state index in [1.807, 2.05) is 0 Å². The molecule has 1 fully saturated rings. The number of aryl methyl sites for hydroxylation is 1. The van der Waals surface area contributed by atoms with E-state index in [4.69, 9.17) is 15.2 Å². The molecular formula is C13H19FN2O4S. The number of hydrogen-bond donors (Lipinski definition) is 2. The predicted octanol–water partition coefficient (Wildman–Crippen LogP) is 0.800. The number of halogens is 1. The van der Waals surface area contributed by atoms with Gasteiger partial charge in [0.25, 0.3) is 0 Å². The van der Waals surface area contributed by atoms with E-state index in [2.05, 4.69) is 4.72 Å². The van der Waals surface area contributed by atoms with Crippen molar-refractivity contribution >= 4 is 15.7 Å². The van der Waals surface area contributed by atoms with Gasteiger partial charge in [-0.05, 0) is 24.6 Å². The highest BCUT2D eigenvalue weighted by Crippen LogP contribution is 2.24. The van der Waals surface area contributed by atoms with Crippen LogP contribution in [0.3, 0.4) is 0 Å². The molecule has 1 aliphatic rings. The average molecular weight is 318 g/mol. The first-order valence-electron chi connectivity index (χ1n) is 6.48. The van der Waals surface area contributed by atoms with E-state index in [1.165, 1.54) is 20.1 Å². The summed E-state index contributed by atoms with van der Waals surface area (Å²) in [5.74, 6) is -0.605. The molecule has 1 atom stereocenters. The van der Waals surface area contributed by atoms with Crippen LogP contribution in [0.5, 0.6) is 0 Å². The maximum Gasteiger partial charge on any atom is 0.240 e. The molecule has 6 nitrogen and oxygen atoms in total. The van der Waals surface area contributed by atoms with Gasteiger partial charge in [0.05, 0.1) is 17.2 Å². The summed E-state index contributed by atoms with van der Waals surface area (Å²) in [7, 11) is -2.27. The topological polar surface area (TPSA) is 90.7 Å². The maximum atomic E-state index is 13.5. The molecule has 3 N–H and O–H groups in total. The normalized spacial score (nSPS) is 22.6. The third-order valence-electron chi connectivity index (χ3n) is 3.65. The Morgan fingerprint density at radius 2 is 2.24 bits per heavy atom. The molecule has 8 heteroatoms. The third kappa shape index (κ3) is 3.34. The molecule has 1 saturated heterocycles. The van der Waals surface area contributed by atoms with Crippen LogP contribution in [0.15, 0.2) is 17.0 Å². The summed E-state index contributed by atoms with van der Waals surface area (Å²) >= 11 is 0. The molecule has 0 aromatic heterocycles. The number of nitrogens with two attached hydrogens (primary N) is 1. The van der Waals surface area contributed by atoms with Gasteiger partial charge in [-0.1, -0.05) is 0 Å². The number of nitrogen functional groups attached to an aromatic ring is 1. The van der Waals surface area contributed by atoms with Crippen molar-refractivity contribution < 1.29 is 22.3 Å². The highest BCUT2D eigenvalue weighted by Gasteiger charge is 2.36. The summed E-state index contributed by atoms with van der Waals surface area (Å²) in [6, 6.07) is 2.36. The molecule has 118 valence electrons. The third-order valence-corrected chi connectivity index (χ3v) is 5.03. The van der Waals surface area contributed by atoms with Gasteiger partial charge >= 0.3 is 0 Å². The standard InChI is InChI=1S/C13H19FN2O4S/c1-9-5-10(6-11(15)12(9)14)21(17,18)16-7-13(19-2)3-4-20-8-13/h5-6,16H,3-4,7-8,15H2,1-2H3. The van der Waals surface area contributed by atoms with Gasteiger partial charge < -0.3 is 15.2 Å². The second kappa shape index (κ2) is 5.88. The van der Waals surface area contributed by atoms with E-state index in [0.717, 1.165) is 6.07 Å². The molecule has 1 aliphatic heterocycles. The monoisotopic (exact) mass is 318 g/mol. The highest BCUT2D eigenvalue weighted by atomic mass is 32.2. The fraction of sp³-hybridized carbons (Fsp3) is 0.538. The van der Waals surface area contributed by atoms with E-state index in [-0.39, 0.29) is 22.7 Å². The van der Waals surface area contributed by atoms with Crippen molar-refractivity contribution in [3.63, 3.8) is 0 Å². The minimum Gasteiger partial charge on any atom is -0.396 e. The minimum absolute atomic E-state index is 0.0657. The molecule has 1 aromatic rings. The molecule has 1 heterocycles. The van der Waals surface area contributed by atoms with Crippen LogP contribution < -0.4 is 10.5 Å². The lowest BCUT2D eigenvalue weighted by Crippen LogP contribution is -2.44. The Morgan fingerprint density at radius 1 is 1.52 bits per heavy atom. The smallest absolute Gasteiger partial charge is 0.240 e. The maximum absolute atomic E-state index is 13.5. The van der Waals surface area contributed by atoms with Crippen LogP contribution in [0.1, 0.15) is 12.0 Å². The zero-order valence-corrected chi connectivity index (χ0v) is 12.8. The van der Waals surface area contributed by atoms with E-state index in [9.17, 15) is 12.8 Å². The molecule has 0 radical (unpaired) electrons. The van der Waals surface area contributed by atoms with Crippen molar-refractivity contribution in [3.8, 4) is 0 Å². The van der Waals surface area contributed by atoms with Crippen molar-refractivity contribution in [2.45, 2.75) is 23.8 Å². The Hall–Kier alpha value is -1.22. The summed E-state index contributed by atoms with van der Waals surface area (Å²) in [6.07, 6.45) is 0.608. The van der Waals surface area contributed by atoms with Gasteiger partial charge in [-0.3, -0.25) is 0 Å². The second-order valence-corrected chi connectivity index (χ2v) is 6.92. The molecular weight excluding hydrogens is 299 g/mol. The number of ether oxygens (including phenoxy) is 2. The van der Waals surface area contributed by atoms with E-state index in [1.54, 1.807) is 0 Å². The molecule has 21 heavy (non-hydrogen) atoms. The van der Waals surface area contributed by atoms with E-state index >= 15 is 0 Å². The van der Waals surface area contributed by atoms with Gasteiger partial charge in [-0.2, -0.15) is 0 Å². The Balaban J connectivity index is 2.19. The van der Waals surface area contributed by atoms with Crippen LogP contribution in [-0.2, 0) is 19.5 Å². The molecule has 1 unspecified atom stereocenters. The van der Waals surface area contributed by atoms with Gasteiger partial charge in [0, 0.05) is 26.7 Å². The van der Waals surface area contributed by atoms with Crippen molar-refractivity contribution in [1.82, 2.24) is 4.72 Å². The first kappa shape index (κ1) is 16.2. The number of anilines is 1. The number of sulfonamides is 1. The van der Waals surface area contributed by atoms with E-state index < -0.39 is 21.4 Å². The lowest BCUT2D eigenvalue weighted by Gasteiger charge is -2.25. The molecule has 0 saturated carbocycles. The predicted molar refractivity (Wildman–Crippen MR) is 75.9 cm³/mol. The first-order chi connectivity index (χ1) is 9.80. The highest BCUT2D eigenvalue weighted by molar-refractivity contribution is 7.89. The number of rotatable bonds is 5. The largest absolute Gasteiger partial charge is 0.396 e. The van der Waals surface area contributed by atoms with Gasteiger partial charge in [0.1, 0.15) is 11.4 Å². The van der Waals surface area contributed by atoms with Crippen molar-refractivity contribution in [2.24, 2.45) is 0 Å². The lowest BCUT2D eigenvalue weighted by atomic mass is 10.0. The molecule has 0 amide bonds.